The second-order valence-electron chi connectivity index (χ2n) is 0.990. The largest absolute Gasteiger partial charge is 0.326 e. The van der Waals surface area contributed by atoms with Gasteiger partial charge in [-0.15, -0.1) is 0 Å². The Hall–Kier alpha value is -0.700. The van der Waals surface area contributed by atoms with Crippen LogP contribution in [0.2, 0.25) is 0 Å². The highest BCUT2D eigenvalue weighted by Gasteiger charge is 1.73. The van der Waals surface area contributed by atoms with E-state index in [1.165, 1.54) is 6.20 Å². The van der Waals surface area contributed by atoms with Crippen molar-refractivity contribution < 1.29 is 0 Å². The smallest absolute Gasteiger partial charge is 0.255 e. The van der Waals surface area contributed by atoms with Gasteiger partial charge in [0, 0.05) is 6.20 Å². The van der Waals surface area contributed by atoms with E-state index in [1.54, 1.807) is 11.4 Å². The Bertz CT molecular complexity index is 177. The molecule has 0 radical (unpaired) electrons. The molecule has 0 saturated heterocycles. The molecule has 0 aromatic carbocycles. The van der Waals surface area contributed by atoms with Gasteiger partial charge in [0.1, 0.15) is 0 Å². The summed E-state index contributed by atoms with van der Waals surface area (Å²) >= 11 is 1.10. The van der Waals surface area contributed by atoms with Crippen LogP contribution >= 0.6 is 11.3 Å². The van der Waals surface area contributed by atoms with Gasteiger partial charge in [0.05, 0.1) is 0 Å². The maximum Gasteiger partial charge on any atom is 0.326 e. The molecule has 0 amide bonds. The predicted octanol–water partition coefficient (Wildman–Crippen LogP) is 0.503. The fourth-order valence-corrected chi connectivity index (χ4v) is 0.654. The van der Waals surface area contributed by atoms with Crippen molar-refractivity contribution in [3.63, 3.8) is 0 Å². The summed E-state index contributed by atoms with van der Waals surface area (Å²) in [5.74, 6) is 0. The summed E-state index contributed by atoms with van der Waals surface area (Å²) in [4.78, 5) is 13.5. The van der Waals surface area contributed by atoms with E-state index in [0.717, 1.165) is 11.3 Å². The average Bonchev–Trinajstić information content (AvgIpc) is 1.69. The highest BCUT2D eigenvalue weighted by atomic mass is 32.1. The van der Waals surface area contributed by atoms with Crippen LogP contribution in [0.25, 0.3) is 0 Å². The predicted molar refractivity (Wildman–Crippen MR) is 28.4 cm³/mol. The topological polar surface area (TPSA) is 30.0 Å². The number of aromatic nitrogens is 1. The minimum absolute atomic E-state index is 0.137. The number of rotatable bonds is 0. The molecule has 0 atom stereocenters. The van der Waals surface area contributed by atoms with E-state index in [4.69, 9.17) is 0 Å². The Morgan fingerprint density at radius 1 is 1.71 bits per heavy atom. The molecule has 0 fully saturated rings. The molecular formula is C4H3NOS. The van der Waals surface area contributed by atoms with Gasteiger partial charge in [-0.25, -0.2) is 4.98 Å². The van der Waals surface area contributed by atoms with Crippen molar-refractivity contribution in [3.8, 4) is 0 Å². The molecular weight excluding hydrogens is 110 g/mol. The molecule has 1 heterocycles. The van der Waals surface area contributed by atoms with Gasteiger partial charge in [-0.3, -0.25) is 4.79 Å². The van der Waals surface area contributed by atoms with Gasteiger partial charge in [0.25, 0.3) is 0 Å². The molecule has 0 spiro atoms. The van der Waals surface area contributed by atoms with E-state index >= 15 is 0 Å². The van der Waals surface area contributed by atoms with Crippen molar-refractivity contribution in [1.82, 2.24) is 4.98 Å². The number of hydrogen-bond donors (Lipinski definition) is 0. The lowest BCUT2D eigenvalue weighted by Gasteiger charge is -1.69. The average molecular weight is 113 g/mol. The highest BCUT2D eigenvalue weighted by molar-refractivity contribution is 7.06. The van der Waals surface area contributed by atoms with E-state index in [2.05, 4.69) is 4.98 Å². The summed E-state index contributed by atoms with van der Waals surface area (Å²) in [6.45, 7) is 0. The lowest BCUT2D eigenvalue weighted by atomic mass is 10.8. The first-order valence-electron chi connectivity index (χ1n) is 1.79. The van der Waals surface area contributed by atoms with Crippen LogP contribution in [-0.4, -0.2) is 4.98 Å². The molecule has 0 aliphatic heterocycles. The lowest BCUT2D eigenvalue weighted by molar-refractivity contribution is 1.31. The molecule has 1 rings (SSSR count). The Morgan fingerprint density at radius 2 is 2.57 bits per heavy atom. The van der Waals surface area contributed by atoms with Gasteiger partial charge in [-0.1, -0.05) is 11.3 Å². The summed E-state index contributed by atoms with van der Waals surface area (Å²) in [6.07, 6.45) is 1.48. The third kappa shape index (κ3) is 1.08. The van der Waals surface area contributed by atoms with Crippen LogP contribution in [0.15, 0.2) is 22.4 Å². The first kappa shape index (κ1) is 4.46. The summed E-state index contributed by atoms with van der Waals surface area (Å²) in [5.41, 5.74) is 0. The minimum Gasteiger partial charge on any atom is -0.255 e. The van der Waals surface area contributed by atoms with Gasteiger partial charge in [0.2, 0.25) is 0 Å². The monoisotopic (exact) mass is 113 g/mol. The summed E-state index contributed by atoms with van der Waals surface area (Å²) in [5, 5.41) is 1.70. The molecule has 7 heavy (non-hydrogen) atoms. The molecule has 0 bridgehead atoms. The molecule has 0 N–H and O–H groups in total. The van der Waals surface area contributed by atoms with Crippen LogP contribution in [0, 0.1) is 0 Å². The van der Waals surface area contributed by atoms with Gasteiger partial charge in [-0.05, 0) is 11.4 Å². The molecule has 0 unspecified atom stereocenters. The summed E-state index contributed by atoms with van der Waals surface area (Å²) < 4.78 is 0. The van der Waals surface area contributed by atoms with Crippen molar-refractivity contribution in [2.24, 2.45) is 0 Å². The fourth-order valence-electron chi connectivity index (χ4n) is 0.267. The van der Waals surface area contributed by atoms with Crippen molar-refractivity contribution in [2.75, 3.05) is 0 Å². The summed E-state index contributed by atoms with van der Waals surface area (Å²) in [7, 11) is 0. The minimum atomic E-state index is -0.137. The van der Waals surface area contributed by atoms with E-state index in [9.17, 15) is 4.79 Å². The molecule has 1 aromatic heterocycles. The number of nitrogens with zero attached hydrogens (tertiary/aromatic N) is 1. The molecule has 0 saturated carbocycles. The zero-order valence-electron chi connectivity index (χ0n) is 3.50. The standard InChI is InChI=1S/C4H3NOS/c6-4-5-2-1-3-7-4/h1-3H. The first-order valence-corrected chi connectivity index (χ1v) is 2.67. The van der Waals surface area contributed by atoms with E-state index < -0.39 is 0 Å². The van der Waals surface area contributed by atoms with Gasteiger partial charge >= 0.3 is 4.87 Å². The second kappa shape index (κ2) is 1.84. The lowest BCUT2D eigenvalue weighted by Crippen LogP contribution is -1.94. The van der Waals surface area contributed by atoms with Crippen molar-refractivity contribution in [1.29, 1.82) is 0 Å². The van der Waals surface area contributed by atoms with Crippen molar-refractivity contribution in [3.05, 3.63) is 27.3 Å². The second-order valence-corrected chi connectivity index (χ2v) is 1.85. The van der Waals surface area contributed by atoms with E-state index in [0.29, 0.717) is 0 Å². The maximum absolute atomic E-state index is 10.2. The van der Waals surface area contributed by atoms with Crippen LogP contribution in [0.3, 0.4) is 0 Å². The molecule has 1 aromatic rings. The highest BCUT2D eigenvalue weighted by Crippen LogP contribution is 1.77. The van der Waals surface area contributed by atoms with Gasteiger partial charge in [-0.2, -0.15) is 0 Å². The Balaban J connectivity index is 3.28. The quantitative estimate of drug-likeness (QED) is 0.490. The normalized spacial score (nSPS) is 8.57. The third-order valence-corrected chi connectivity index (χ3v) is 1.11. The molecule has 0 aliphatic carbocycles. The molecule has 36 valence electrons. The maximum atomic E-state index is 10.2. The first-order chi connectivity index (χ1) is 3.39. The van der Waals surface area contributed by atoms with Crippen molar-refractivity contribution >= 4 is 11.3 Å². The Morgan fingerprint density at radius 3 is 2.86 bits per heavy atom. The van der Waals surface area contributed by atoms with Crippen LogP contribution in [0.5, 0.6) is 0 Å². The van der Waals surface area contributed by atoms with E-state index in [-0.39, 0.29) is 4.87 Å². The van der Waals surface area contributed by atoms with Gasteiger partial charge in [0.15, 0.2) is 0 Å². The van der Waals surface area contributed by atoms with Gasteiger partial charge < -0.3 is 0 Å². The Labute approximate surface area is 44.5 Å². The van der Waals surface area contributed by atoms with Crippen LogP contribution in [0.1, 0.15) is 0 Å². The zero-order valence-corrected chi connectivity index (χ0v) is 4.31. The SMILES string of the molecule is O=c1ncccs1. The van der Waals surface area contributed by atoms with Crippen molar-refractivity contribution in [2.45, 2.75) is 0 Å². The molecule has 2 nitrogen and oxygen atoms in total. The molecule has 0 aliphatic rings. The fraction of sp³-hybridized carbons (Fsp3) is 0. The van der Waals surface area contributed by atoms with Crippen LogP contribution in [-0.2, 0) is 0 Å². The van der Waals surface area contributed by atoms with Crippen LogP contribution in [0.4, 0.5) is 0 Å². The zero-order chi connectivity index (χ0) is 5.11. The molecule has 3 heteroatoms. The Kier molecular flexibility index (Phi) is 1.17. The van der Waals surface area contributed by atoms with E-state index in [1.807, 2.05) is 0 Å². The summed E-state index contributed by atoms with van der Waals surface area (Å²) in [6, 6.07) is 1.73. The van der Waals surface area contributed by atoms with Crippen LogP contribution < -0.4 is 4.87 Å². The third-order valence-electron chi connectivity index (χ3n) is 0.513. The number of hydrogen-bond acceptors (Lipinski definition) is 3.